The Morgan fingerprint density at radius 3 is 2.44 bits per heavy atom. The number of fused-ring (bicyclic) bond motifs is 1. The van der Waals surface area contributed by atoms with Crippen molar-refractivity contribution in [2.45, 2.75) is 37.3 Å². The molecule has 2 aliphatic heterocycles. The van der Waals surface area contributed by atoms with Crippen LogP contribution in [-0.2, 0) is 9.59 Å². The highest BCUT2D eigenvalue weighted by Crippen LogP contribution is 2.38. The summed E-state index contributed by atoms with van der Waals surface area (Å²) >= 11 is 0. The van der Waals surface area contributed by atoms with Crippen LogP contribution in [0.4, 0.5) is 22.0 Å². The Kier molecular flexibility index (Phi) is 6.60. The van der Waals surface area contributed by atoms with E-state index in [1.54, 1.807) is 6.20 Å². The number of nitrogens with zero attached hydrogens (tertiary/aromatic N) is 2. The molecule has 176 valence electrons. The van der Waals surface area contributed by atoms with Crippen LogP contribution in [0.2, 0.25) is 0 Å². The van der Waals surface area contributed by atoms with Crippen LogP contribution in [0.25, 0.3) is 5.70 Å². The third kappa shape index (κ3) is 4.93. The minimum atomic E-state index is -5.86. The van der Waals surface area contributed by atoms with Crippen LogP contribution >= 0.6 is 0 Å². The number of amides is 2. The predicted octanol–water partition coefficient (Wildman–Crippen LogP) is 1.19. The van der Waals surface area contributed by atoms with Gasteiger partial charge in [0.25, 0.3) is 0 Å². The predicted molar refractivity (Wildman–Crippen MR) is 103 cm³/mol. The van der Waals surface area contributed by atoms with Gasteiger partial charge < -0.3 is 26.4 Å². The number of rotatable bonds is 7. The smallest absolute Gasteiger partial charge is 0.426 e. The van der Waals surface area contributed by atoms with Crippen LogP contribution in [0.5, 0.6) is 5.75 Å². The van der Waals surface area contributed by atoms with Crippen LogP contribution in [0, 0.1) is 0 Å². The van der Waals surface area contributed by atoms with Crippen LogP contribution in [0.1, 0.15) is 18.4 Å². The van der Waals surface area contributed by atoms with E-state index in [9.17, 15) is 31.5 Å². The minimum absolute atomic E-state index is 0.0391. The molecule has 2 amide bonds. The molecule has 0 spiro atoms. The van der Waals surface area contributed by atoms with Crippen molar-refractivity contribution < 1.29 is 36.3 Å². The van der Waals surface area contributed by atoms with Crippen LogP contribution in [0.3, 0.4) is 0 Å². The molecule has 2 heterocycles. The highest BCUT2D eigenvalue weighted by molar-refractivity contribution is 5.92. The molecule has 32 heavy (non-hydrogen) atoms. The topological polar surface area (TPSA) is 114 Å². The largest absolute Gasteiger partial charge is 0.499 e. The Balaban J connectivity index is 1.83. The van der Waals surface area contributed by atoms with E-state index in [-0.39, 0.29) is 12.8 Å². The van der Waals surface area contributed by atoms with Crippen molar-refractivity contribution in [3.8, 4) is 5.75 Å². The van der Waals surface area contributed by atoms with Gasteiger partial charge in [0.1, 0.15) is 11.9 Å². The van der Waals surface area contributed by atoms with Gasteiger partial charge in [-0.05, 0) is 30.7 Å². The quantitative estimate of drug-likeness (QED) is 0.524. The summed E-state index contributed by atoms with van der Waals surface area (Å²) in [5, 5.41) is 3.16. The Labute approximate surface area is 179 Å². The fraction of sp³-hybridized carbons (Fsp3) is 0.474. The van der Waals surface area contributed by atoms with Gasteiger partial charge in [-0.1, -0.05) is 0 Å². The molecular formula is C19H22F5N5O3. The maximum atomic E-state index is 13.1. The van der Waals surface area contributed by atoms with Gasteiger partial charge in [-0.3, -0.25) is 14.5 Å². The molecule has 5 N–H and O–H groups in total. The summed E-state index contributed by atoms with van der Waals surface area (Å²) in [4.78, 5) is 27.4. The second-order valence-corrected chi connectivity index (χ2v) is 7.40. The van der Waals surface area contributed by atoms with Crippen molar-refractivity contribution >= 4 is 17.5 Å². The van der Waals surface area contributed by atoms with Crippen molar-refractivity contribution in [3.63, 3.8) is 0 Å². The fourth-order valence-corrected chi connectivity index (χ4v) is 3.45. The standard InChI is InChI=1S/C19H22F5N5O3/c20-18(21,22)19(23,24)32-12-3-1-11(2-4-12)14-10-28-8-7-27-9-16(28)29(14)17(31)13(25)5-6-15(26)30/h1-4,10,13,16,27H,5-9,25H2,(H2,26,30)/t13-,16?/m0/s1. The van der Waals surface area contributed by atoms with E-state index >= 15 is 0 Å². The molecule has 1 aromatic rings. The van der Waals surface area contributed by atoms with Crippen LogP contribution in [-0.4, -0.2) is 65.7 Å². The third-order valence-corrected chi connectivity index (χ3v) is 5.08. The Hall–Kier alpha value is -2.93. The lowest BCUT2D eigenvalue weighted by Gasteiger charge is -2.37. The van der Waals surface area contributed by atoms with E-state index < -0.39 is 42.1 Å². The summed E-state index contributed by atoms with van der Waals surface area (Å²) in [6.07, 6.45) is -9.95. The monoisotopic (exact) mass is 463 g/mol. The number of piperazine rings is 1. The Morgan fingerprint density at radius 2 is 1.84 bits per heavy atom. The van der Waals surface area contributed by atoms with Gasteiger partial charge >= 0.3 is 12.3 Å². The van der Waals surface area contributed by atoms with E-state index in [2.05, 4.69) is 10.1 Å². The molecule has 1 fully saturated rings. The maximum absolute atomic E-state index is 13.1. The average molecular weight is 463 g/mol. The molecule has 0 bridgehead atoms. The van der Waals surface area contributed by atoms with E-state index in [1.165, 1.54) is 17.0 Å². The van der Waals surface area contributed by atoms with E-state index in [1.807, 2.05) is 4.90 Å². The number of nitrogens with one attached hydrogen (secondary N) is 1. The number of hydrogen-bond donors (Lipinski definition) is 3. The average Bonchev–Trinajstić information content (AvgIpc) is 3.10. The third-order valence-electron chi connectivity index (χ3n) is 5.08. The minimum Gasteiger partial charge on any atom is -0.426 e. The number of primary amides is 1. The summed E-state index contributed by atoms with van der Waals surface area (Å²) in [6.45, 7) is 1.66. The Bertz CT molecular complexity index is 890. The van der Waals surface area contributed by atoms with Crippen molar-refractivity contribution in [2.24, 2.45) is 11.5 Å². The Morgan fingerprint density at radius 1 is 1.19 bits per heavy atom. The first-order valence-corrected chi connectivity index (χ1v) is 9.70. The zero-order valence-electron chi connectivity index (χ0n) is 16.7. The second kappa shape index (κ2) is 8.90. The van der Waals surface area contributed by atoms with Gasteiger partial charge in [-0.15, -0.1) is 0 Å². The van der Waals surface area contributed by atoms with Gasteiger partial charge in [-0.2, -0.15) is 22.0 Å². The molecule has 3 rings (SSSR count). The molecule has 0 radical (unpaired) electrons. The highest BCUT2D eigenvalue weighted by atomic mass is 19.4. The lowest BCUT2D eigenvalue weighted by molar-refractivity contribution is -0.360. The molecule has 8 nitrogen and oxygen atoms in total. The van der Waals surface area contributed by atoms with Crippen molar-refractivity contribution in [2.75, 3.05) is 19.6 Å². The van der Waals surface area contributed by atoms with Gasteiger partial charge in [0.2, 0.25) is 11.8 Å². The van der Waals surface area contributed by atoms with E-state index in [0.29, 0.717) is 30.9 Å². The summed E-state index contributed by atoms with van der Waals surface area (Å²) in [7, 11) is 0. The van der Waals surface area contributed by atoms with Gasteiger partial charge in [0.15, 0.2) is 0 Å². The van der Waals surface area contributed by atoms with Crippen LogP contribution in [0.15, 0.2) is 30.5 Å². The first-order chi connectivity index (χ1) is 14.9. The number of carbonyl (C=O) groups is 2. The summed E-state index contributed by atoms with van der Waals surface area (Å²) < 4.78 is 67.2. The van der Waals surface area contributed by atoms with Gasteiger partial charge in [0, 0.05) is 37.8 Å². The zero-order valence-corrected chi connectivity index (χ0v) is 16.7. The van der Waals surface area contributed by atoms with Gasteiger partial charge in [0.05, 0.1) is 11.7 Å². The normalized spacial score (nSPS) is 19.9. The van der Waals surface area contributed by atoms with Crippen molar-refractivity contribution in [3.05, 3.63) is 36.0 Å². The molecule has 2 atom stereocenters. The lowest BCUT2D eigenvalue weighted by Crippen LogP contribution is -2.57. The number of halogens is 5. The van der Waals surface area contributed by atoms with Crippen molar-refractivity contribution in [1.82, 2.24) is 15.1 Å². The lowest BCUT2D eigenvalue weighted by atomic mass is 10.1. The first kappa shape index (κ1) is 23.7. The second-order valence-electron chi connectivity index (χ2n) is 7.40. The van der Waals surface area contributed by atoms with Crippen molar-refractivity contribution in [1.29, 1.82) is 0 Å². The molecule has 1 unspecified atom stereocenters. The molecule has 1 aromatic carbocycles. The molecule has 1 saturated heterocycles. The molecule has 0 saturated carbocycles. The summed E-state index contributed by atoms with van der Waals surface area (Å²) in [5.74, 6) is -1.76. The molecule has 13 heteroatoms. The van der Waals surface area contributed by atoms with E-state index in [4.69, 9.17) is 11.5 Å². The number of benzene rings is 1. The summed E-state index contributed by atoms with van der Waals surface area (Å²) in [5.41, 5.74) is 11.9. The van der Waals surface area contributed by atoms with E-state index in [0.717, 1.165) is 12.1 Å². The number of hydrogen-bond acceptors (Lipinski definition) is 6. The van der Waals surface area contributed by atoms with Crippen LogP contribution < -0.4 is 21.5 Å². The number of alkyl halides is 5. The first-order valence-electron chi connectivity index (χ1n) is 9.70. The molecule has 2 aliphatic rings. The molecular weight excluding hydrogens is 441 g/mol. The highest BCUT2D eigenvalue weighted by Gasteiger charge is 2.61. The number of nitrogens with two attached hydrogens (primary N) is 2. The summed E-state index contributed by atoms with van der Waals surface area (Å²) in [6, 6.07) is 3.45. The molecule has 0 aliphatic carbocycles. The SMILES string of the molecule is NC(=O)CC[C@H](N)C(=O)N1C(c2ccc(OC(F)(F)C(F)(F)F)cc2)=CN2CCNCC21. The van der Waals surface area contributed by atoms with Gasteiger partial charge in [-0.25, -0.2) is 0 Å². The fourth-order valence-electron chi connectivity index (χ4n) is 3.45. The number of carbonyl (C=O) groups excluding carboxylic acids is 2. The zero-order chi connectivity index (χ0) is 23.7. The molecule has 0 aromatic heterocycles. The number of ether oxygens (including phenoxy) is 1. The maximum Gasteiger partial charge on any atom is 0.499 e.